The fourth-order valence-electron chi connectivity index (χ4n) is 1.79. The first kappa shape index (κ1) is 16.9. The molecule has 1 aliphatic rings. The molecule has 1 rings (SSSR count). The summed E-state index contributed by atoms with van der Waals surface area (Å²) in [4.78, 5) is 2.42. The lowest BCUT2D eigenvalue weighted by molar-refractivity contribution is 0.188. The maximum Gasteiger partial charge on any atom is 0.0492 e. The Morgan fingerprint density at radius 2 is 2.00 bits per heavy atom. The molecular formula is C15H33NO. The summed E-state index contributed by atoms with van der Waals surface area (Å²) in [5, 5.41) is 0. The second-order valence-electron chi connectivity index (χ2n) is 5.57. The Morgan fingerprint density at radius 3 is 2.35 bits per heavy atom. The van der Waals surface area contributed by atoms with Gasteiger partial charge in [-0.05, 0) is 51.2 Å². The monoisotopic (exact) mass is 243 g/mol. The van der Waals surface area contributed by atoms with Crippen molar-refractivity contribution in [3.8, 4) is 0 Å². The molecule has 0 N–H and O–H groups in total. The highest BCUT2D eigenvalue weighted by atomic mass is 16.5. The Morgan fingerprint density at radius 1 is 1.29 bits per heavy atom. The summed E-state index contributed by atoms with van der Waals surface area (Å²) in [5.41, 5.74) is 0. The van der Waals surface area contributed by atoms with E-state index in [0.717, 1.165) is 25.0 Å². The van der Waals surface area contributed by atoms with Crippen LogP contribution in [0.4, 0.5) is 0 Å². The van der Waals surface area contributed by atoms with Gasteiger partial charge in [0.15, 0.2) is 0 Å². The van der Waals surface area contributed by atoms with Gasteiger partial charge in [0, 0.05) is 13.2 Å². The Balaban J connectivity index is 0.000000354. The minimum Gasteiger partial charge on any atom is -0.381 e. The molecule has 1 aliphatic heterocycles. The maximum atomic E-state index is 5.06. The molecule has 0 aromatic heterocycles. The van der Waals surface area contributed by atoms with E-state index < -0.39 is 0 Å². The summed E-state index contributed by atoms with van der Waals surface area (Å²) < 4.78 is 5.06. The third-order valence-electron chi connectivity index (χ3n) is 3.46. The molecule has 1 fully saturated rings. The van der Waals surface area contributed by atoms with Gasteiger partial charge in [0.1, 0.15) is 0 Å². The van der Waals surface area contributed by atoms with Crippen molar-refractivity contribution in [1.82, 2.24) is 4.90 Å². The lowest BCUT2D eigenvalue weighted by Crippen LogP contribution is -2.21. The molecule has 2 heteroatoms. The van der Waals surface area contributed by atoms with Gasteiger partial charge in [0.05, 0.1) is 0 Å². The number of hydrogen-bond acceptors (Lipinski definition) is 2. The van der Waals surface area contributed by atoms with Crippen molar-refractivity contribution in [2.45, 2.75) is 53.4 Å². The van der Waals surface area contributed by atoms with Gasteiger partial charge in [-0.1, -0.05) is 34.1 Å². The van der Waals surface area contributed by atoms with Crippen LogP contribution in [0.15, 0.2) is 0 Å². The van der Waals surface area contributed by atoms with Crippen LogP contribution in [0.3, 0.4) is 0 Å². The molecule has 2 nitrogen and oxygen atoms in total. The zero-order chi connectivity index (χ0) is 13.1. The van der Waals surface area contributed by atoms with Gasteiger partial charge in [0.25, 0.3) is 0 Å². The van der Waals surface area contributed by atoms with E-state index >= 15 is 0 Å². The van der Waals surface area contributed by atoms with Crippen molar-refractivity contribution >= 4 is 0 Å². The van der Waals surface area contributed by atoms with Crippen molar-refractivity contribution in [2.75, 3.05) is 33.4 Å². The van der Waals surface area contributed by atoms with Crippen LogP contribution in [0.1, 0.15) is 53.4 Å². The van der Waals surface area contributed by atoms with Gasteiger partial charge in [-0.2, -0.15) is 0 Å². The zero-order valence-corrected chi connectivity index (χ0v) is 12.7. The fourth-order valence-corrected chi connectivity index (χ4v) is 1.79. The highest BCUT2D eigenvalue weighted by molar-refractivity contribution is 4.56. The minimum absolute atomic E-state index is 0.824. The number of ether oxygens (including phenoxy) is 1. The first-order valence-electron chi connectivity index (χ1n) is 7.36. The summed E-state index contributed by atoms with van der Waals surface area (Å²) in [6.45, 7) is 13.5. The molecule has 2 atom stereocenters. The Bertz CT molecular complexity index is 155. The largest absolute Gasteiger partial charge is 0.381 e. The van der Waals surface area contributed by atoms with Crippen molar-refractivity contribution in [3.05, 3.63) is 0 Å². The number of nitrogens with zero attached hydrogens (tertiary/aromatic N) is 1. The van der Waals surface area contributed by atoms with Crippen LogP contribution in [0.25, 0.3) is 0 Å². The Kier molecular flexibility index (Phi) is 11.0. The van der Waals surface area contributed by atoms with E-state index in [-0.39, 0.29) is 0 Å². The minimum atomic E-state index is 0.824. The molecule has 1 heterocycles. The van der Waals surface area contributed by atoms with Gasteiger partial charge in [0.2, 0.25) is 0 Å². The van der Waals surface area contributed by atoms with Crippen LogP contribution in [-0.4, -0.2) is 38.3 Å². The lowest BCUT2D eigenvalue weighted by atomic mass is 10.1. The van der Waals surface area contributed by atoms with E-state index in [0.29, 0.717) is 0 Å². The molecule has 2 unspecified atom stereocenters. The summed E-state index contributed by atoms with van der Waals surface area (Å²) in [6, 6.07) is 0. The predicted molar refractivity (Wildman–Crippen MR) is 76.5 cm³/mol. The van der Waals surface area contributed by atoms with Gasteiger partial charge in [-0.15, -0.1) is 0 Å². The highest BCUT2D eigenvalue weighted by Crippen LogP contribution is 2.09. The van der Waals surface area contributed by atoms with E-state index in [9.17, 15) is 0 Å². The second kappa shape index (κ2) is 11.0. The molecule has 0 radical (unpaired) electrons. The first-order chi connectivity index (χ1) is 8.10. The molecule has 1 saturated heterocycles. The second-order valence-corrected chi connectivity index (χ2v) is 5.57. The summed E-state index contributed by atoms with van der Waals surface area (Å²) >= 11 is 0. The molecule has 0 spiro atoms. The van der Waals surface area contributed by atoms with E-state index in [1.807, 2.05) is 0 Å². The maximum absolute atomic E-state index is 5.06. The van der Waals surface area contributed by atoms with Crippen molar-refractivity contribution in [2.24, 2.45) is 11.8 Å². The molecular weight excluding hydrogens is 210 g/mol. The molecule has 0 bridgehead atoms. The SMILES string of the molecule is CC1CCOC1.CCCN(C)CCC(C)CC. The molecule has 0 saturated carbocycles. The van der Waals surface area contributed by atoms with Crippen LogP contribution >= 0.6 is 0 Å². The van der Waals surface area contributed by atoms with Gasteiger partial charge < -0.3 is 9.64 Å². The third kappa shape index (κ3) is 10.8. The topological polar surface area (TPSA) is 12.5 Å². The van der Waals surface area contributed by atoms with Crippen molar-refractivity contribution in [1.29, 1.82) is 0 Å². The standard InChI is InChI=1S/C10H23N.C5H10O/c1-5-8-11(4)9-7-10(3)6-2;1-5-2-3-6-4-5/h10H,5-9H2,1-4H3;5H,2-4H2,1H3. The van der Waals surface area contributed by atoms with Gasteiger partial charge >= 0.3 is 0 Å². The van der Waals surface area contributed by atoms with E-state index in [1.54, 1.807) is 0 Å². The quantitative estimate of drug-likeness (QED) is 0.703. The van der Waals surface area contributed by atoms with Crippen molar-refractivity contribution < 1.29 is 4.74 Å². The molecule has 0 aliphatic carbocycles. The Labute approximate surface area is 109 Å². The normalized spacial score (nSPS) is 21.2. The molecule has 0 aromatic carbocycles. The predicted octanol–water partition coefficient (Wildman–Crippen LogP) is 3.81. The fraction of sp³-hybridized carbons (Fsp3) is 1.00. The molecule has 0 amide bonds. The first-order valence-corrected chi connectivity index (χ1v) is 7.36. The van der Waals surface area contributed by atoms with Crippen molar-refractivity contribution in [3.63, 3.8) is 0 Å². The summed E-state index contributed by atoms with van der Waals surface area (Å²) in [7, 11) is 2.21. The lowest BCUT2D eigenvalue weighted by Gasteiger charge is -2.17. The average Bonchev–Trinajstić information content (AvgIpc) is 2.78. The zero-order valence-electron chi connectivity index (χ0n) is 12.7. The van der Waals surface area contributed by atoms with Crippen LogP contribution in [-0.2, 0) is 4.74 Å². The number of hydrogen-bond donors (Lipinski definition) is 0. The third-order valence-corrected chi connectivity index (χ3v) is 3.46. The van der Waals surface area contributed by atoms with Crippen LogP contribution in [0.2, 0.25) is 0 Å². The van der Waals surface area contributed by atoms with Gasteiger partial charge in [-0.25, -0.2) is 0 Å². The molecule has 0 aromatic rings. The Hall–Kier alpha value is -0.0800. The van der Waals surface area contributed by atoms with Crippen LogP contribution < -0.4 is 0 Å². The van der Waals surface area contributed by atoms with E-state index in [2.05, 4.69) is 39.6 Å². The average molecular weight is 243 g/mol. The highest BCUT2D eigenvalue weighted by Gasteiger charge is 2.07. The number of rotatable bonds is 6. The van der Waals surface area contributed by atoms with E-state index in [4.69, 9.17) is 4.74 Å². The molecule has 104 valence electrons. The van der Waals surface area contributed by atoms with E-state index in [1.165, 1.54) is 38.8 Å². The van der Waals surface area contributed by atoms with Crippen LogP contribution in [0.5, 0.6) is 0 Å². The van der Waals surface area contributed by atoms with Gasteiger partial charge in [-0.3, -0.25) is 0 Å². The summed E-state index contributed by atoms with van der Waals surface area (Å²) in [6.07, 6.45) is 5.21. The molecule has 17 heavy (non-hydrogen) atoms. The van der Waals surface area contributed by atoms with Crippen LogP contribution in [0, 0.1) is 11.8 Å². The summed E-state index contributed by atoms with van der Waals surface area (Å²) in [5.74, 6) is 1.72. The smallest absolute Gasteiger partial charge is 0.0492 e.